The van der Waals surface area contributed by atoms with Gasteiger partial charge in [-0.2, -0.15) is 5.10 Å². The average molecular weight is 278 g/mol. The van der Waals surface area contributed by atoms with E-state index in [9.17, 15) is 9.18 Å². The van der Waals surface area contributed by atoms with Gasteiger partial charge in [0.1, 0.15) is 16.6 Å². The molecule has 19 heavy (non-hydrogen) atoms. The van der Waals surface area contributed by atoms with Crippen molar-refractivity contribution in [2.75, 3.05) is 5.32 Å². The molecule has 7 heteroatoms. The molecule has 0 aliphatic heterocycles. The van der Waals surface area contributed by atoms with Gasteiger partial charge in [0, 0.05) is 0 Å². The first kappa shape index (κ1) is 13.2. The Labute approximate surface area is 114 Å². The molecule has 0 saturated carbocycles. The molecular weight excluding hydrogens is 267 g/mol. The lowest BCUT2D eigenvalue weighted by atomic mass is 10.1. The van der Waals surface area contributed by atoms with Gasteiger partial charge >= 0.3 is 0 Å². The zero-order valence-electron chi connectivity index (χ0n) is 9.81. The minimum atomic E-state index is -0.379. The largest absolute Gasteiger partial charge is 0.389 e. The Morgan fingerprint density at radius 3 is 3.00 bits per heavy atom. The predicted molar refractivity (Wildman–Crippen MR) is 73.2 cm³/mol. The summed E-state index contributed by atoms with van der Waals surface area (Å²) >= 11 is 4.82. The highest BCUT2D eigenvalue weighted by Crippen LogP contribution is 2.11. The lowest BCUT2D eigenvalue weighted by molar-refractivity contribution is -0.115. The quantitative estimate of drug-likeness (QED) is 0.737. The van der Waals surface area contributed by atoms with E-state index in [1.54, 1.807) is 12.1 Å². The maximum atomic E-state index is 13.0. The van der Waals surface area contributed by atoms with E-state index in [0.29, 0.717) is 16.9 Å². The summed E-state index contributed by atoms with van der Waals surface area (Å²) in [5.74, 6) is -0.350. The maximum absolute atomic E-state index is 13.0. The van der Waals surface area contributed by atoms with Crippen LogP contribution in [0, 0.1) is 5.82 Å². The first-order valence-electron chi connectivity index (χ1n) is 5.43. The van der Waals surface area contributed by atoms with Crippen LogP contribution < -0.4 is 11.1 Å². The van der Waals surface area contributed by atoms with Crippen LogP contribution in [0.2, 0.25) is 0 Å². The van der Waals surface area contributed by atoms with Gasteiger partial charge in [0.25, 0.3) is 0 Å². The van der Waals surface area contributed by atoms with Crippen molar-refractivity contribution in [3.05, 3.63) is 47.4 Å². The molecular formula is C12H11FN4OS. The smallest absolute Gasteiger partial charge is 0.229 e. The molecule has 0 atom stereocenters. The number of amides is 1. The Morgan fingerprint density at radius 2 is 2.32 bits per heavy atom. The fourth-order valence-electron chi connectivity index (χ4n) is 1.58. The number of carbonyl (C=O) groups excluding carboxylic acids is 1. The second-order valence-corrected chi connectivity index (χ2v) is 4.32. The number of hydrogen-bond donors (Lipinski definition) is 3. The summed E-state index contributed by atoms with van der Waals surface area (Å²) in [6.45, 7) is 0. The minimum absolute atomic E-state index is 0.0492. The van der Waals surface area contributed by atoms with Crippen molar-refractivity contribution in [3.63, 3.8) is 0 Å². The van der Waals surface area contributed by atoms with Crippen molar-refractivity contribution < 1.29 is 9.18 Å². The molecule has 5 nitrogen and oxygen atoms in total. The summed E-state index contributed by atoms with van der Waals surface area (Å²) < 4.78 is 13.0. The minimum Gasteiger partial charge on any atom is -0.389 e. The molecule has 0 radical (unpaired) electrons. The van der Waals surface area contributed by atoms with E-state index < -0.39 is 0 Å². The van der Waals surface area contributed by atoms with Gasteiger partial charge in [0.05, 0.1) is 18.2 Å². The summed E-state index contributed by atoms with van der Waals surface area (Å²) in [7, 11) is 0. The molecule has 98 valence electrons. The highest BCUT2D eigenvalue weighted by atomic mass is 32.1. The van der Waals surface area contributed by atoms with E-state index in [4.69, 9.17) is 18.0 Å². The van der Waals surface area contributed by atoms with Crippen LogP contribution in [0.3, 0.4) is 0 Å². The fraction of sp³-hybridized carbons (Fsp3) is 0.0833. The van der Waals surface area contributed by atoms with Crippen LogP contribution in [0.5, 0.6) is 0 Å². The number of nitrogens with two attached hydrogens (primary N) is 1. The summed E-state index contributed by atoms with van der Waals surface area (Å²) in [4.78, 5) is 11.9. The third-order valence-electron chi connectivity index (χ3n) is 2.42. The molecule has 1 amide bonds. The molecule has 1 heterocycles. The highest BCUT2D eigenvalue weighted by Gasteiger charge is 2.11. The van der Waals surface area contributed by atoms with Gasteiger partial charge in [0.2, 0.25) is 5.91 Å². The van der Waals surface area contributed by atoms with Crippen molar-refractivity contribution in [1.82, 2.24) is 10.2 Å². The summed E-state index contributed by atoms with van der Waals surface area (Å²) in [6.07, 6.45) is 1.48. The van der Waals surface area contributed by atoms with Gasteiger partial charge in [-0.25, -0.2) is 4.39 Å². The summed E-state index contributed by atoms with van der Waals surface area (Å²) in [5, 5.41) is 8.93. The summed E-state index contributed by atoms with van der Waals surface area (Å²) in [6, 6.07) is 5.85. The number of benzene rings is 1. The van der Waals surface area contributed by atoms with E-state index in [1.807, 2.05) is 0 Å². The lowest BCUT2D eigenvalue weighted by Crippen LogP contribution is -2.18. The van der Waals surface area contributed by atoms with E-state index >= 15 is 0 Å². The molecule has 0 saturated heterocycles. The molecule has 2 aromatic rings. The standard InChI is InChI=1S/C12H11FN4OS/c13-8-3-1-2-7(4-8)5-10(18)16-12-9(11(14)19)6-15-17-12/h1-4,6H,5H2,(H2,14,19)(H2,15,16,17,18). The van der Waals surface area contributed by atoms with E-state index in [2.05, 4.69) is 15.5 Å². The second-order valence-electron chi connectivity index (χ2n) is 3.88. The zero-order chi connectivity index (χ0) is 13.8. The molecule has 2 rings (SSSR count). The van der Waals surface area contributed by atoms with Gasteiger partial charge in [-0.15, -0.1) is 0 Å². The fourth-order valence-corrected chi connectivity index (χ4v) is 1.74. The third-order valence-corrected chi connectivity index (χ3v) is 2.64. The van der Waals surface area contributed by atoms with Gasteiger partial charge in [-0.3, -0.25) is 9.89 Å². The Hall–Kier alpha value is -2.28. The highest BCUT2D eigenvalue weighted by molar-refractivity contribution is 7.80. The number of aromatic nitrogens is 2. The number of anilines is 1. The van der Waals surface area contributed by atoms with Crippen molar-refractivity contribution in [2.45, 2.75) is 6.42 Å². The number of hydrogen-bond acceptors (Lipinski definition) is 3. The number of nitrogens with zero attached hydrogens (tertiary/aromatic N) is 1. The monoisotopic (exact) mass is 278 g/mol. The summed E-state index contributed by atoms with van der Waals surface area (Å²) in [5.41, 5.74) is 6.52. The van der Waals surface area contributed by atoms with Gasteiger partial charge < -0.3 is 11.1 Å². The van der Waals surface area contributed by atoms with Gasteiger partial charge in [-0.05, 0) is 17.7 Å². The van der Waals surface area contributed by atoms with Crippen LogP contribution in [0.1, 0.15) is 11.1 Å². The van der Waals surface area contributed by atoms with E-state index in [0.717, 1.165) is 0 Å². The van der Waals surface area contributed by atoms with Crippen LogP contribution in [-0.2, 0) is 11.2 Å². The van der Waals surface area contributed by atoms with E-state index in [1.165, 1.54) is 18.3 Å². The van der Waals surface area contributed by atoms with Gasteiger partial charge in [-0.1, -0.05) is 24.4 Å². The zero-order valence-corrected chi connectivity index (χ0v) is 10.6. The molecule has 1 aromatic carbocycles. The molecule has 1 aromatic heterocycles. The van der Waals surface area contributed by atoms with Crippen molar-refractivity contribution >= 4 is 28.9 Å². The number of nitrogens with one attached hydrogen (secondary N) is 2. The van der Waals surface area contributed by atoms with Crippen LogP contribution in [0.4, 0.5) is 10.2 Å². The molecule has 0 aliphatic rings. The molecule has 0 spiro atoms. The Bertz CT molecular complexity index is 626. The molecule has 0 fully saturated rings. The van der Waals surface area contributed by atoms with E-state index in [-0.39, 0.29) is 23.1 Å². The second kappa shape index (κ2) is 5.57. The molecule has 4 N–H and O–H groups in total. The first-order valence-corrected chi connectivity index (χ1v) is 5.84. The van der Waals surface area contributed by atoms with Crippen molar-refractivity contribution in [2.24, 2.45) is 5.73 Å². The number of thiocarbonyl (C=S) groups is 1. The number of H-pyrrole nitrogens is 1. The number of halogens is 1. The Balaban J connectivity index is 2.05. The SMILES string of the molecule is NC(=S)c1cn[nH]c1NC(=O)Cc1cccc(F)c1. The van der Waals surface area contributed by atoms with Crippen LogP contribution in [0.25, 0.3) is 0 Å². The lowest BCUT2D eigenvalue weighted by Gasteiger charge is -2.05. The third kappa shape index (κ3) is 3.35. The topological polar surface area (TPSA) is 83.8 Å². The average Bonchev–Trinajstić information content (AvgIpc) is 2.76. The van der Waals surface area contributed by atoms with Gasteiger partial charge in [0.15, 0.2) is 0 Å². The maximum Gasteiger partial charge on any atom is 0.229 e. The molecule has 0 unspecified atom stereocenters. The number of aromatic amines is 1. The number of rotatable bonds is 4. The normalized spacial score (nSPS) is 10.2. The molecule has 0 aliphatic carbocycles. The Morgan fingerprint density at radius 1 is 1.53 bits per heavy atom. The predicted octanol–water partition coefficient (Wildman–Crippen LogP) is 1.36. The first-order chi connectivity index (χ1) is 9.06. The van der Waals surface area contributed by atoms with Crippen molar-refractivity contribution in [1.29, 1.82) is 0 Å². The van der Waals surface area contributed by atoms with Crippen LogP contribution in [0.15, 0.2) is 30.5 Å². The van der Waals surface area contributed by atoms with Crippen LogP contribution >= 0.6 is 12.2 Å². The van der Waals surface area contributed by atoms with Crippen LogP contribution in [-0.4, -0.2) is 21.1 Å². The molecule has 0 bridgehead atoms. The number of carbonyl (C=O) groups is 1. The Kier molecular flexibility index (Phi) is 3.86. The van der Waals surface area contributed by atoms with Crippen molar-refractivity contribution in [3.8, 4) is 0 Å².